The van der Waals surface area contributed by atoms with Crippen molar-refractivity contribution in [1.29, 1.82) is 0 Å². The molecule has 1 amide bonds. The maximum Gasteiger partial charge on any atom is 0.237 e. The summed E-state index contributed by atoms with van der Waals surface area (Å²) in [5.41, 5.74) is 1.67. The van der Waals surface area contributed by atoms with Crippen molar-refractivity contribution in [3.8, 4) is 0 Å². The van der Waals surface area contributed by atoms with Gasteiger partial charge in [0.25, 0.3) is 0 Å². The summed E-state index contributed by atoms with van der Waals surface area (Å²) in [4.78, 5) is 20.5. The molecule has 0 saturated carbocycles. The molecule has 0 aromatic heterocycles. The zero-order chi connectivity index (χ0) is 19.0. The number of carbonyl (C=O) groups excluding carboxylic acids is 1. The van der Waals surface area contributed by atoms with Crippen LogP contribution >= 0.6 is 0 Å². The standard InChI is InChI=1S/C20H20F2N4O/c1-25-7-9-26(10-8-25)18-6-5-13(11-16(18)22)23-12-14-19-15(21)3-2-4-17(19)24-20(14)27/h2-6,11-12,14H,7-10H2,1H3,(H,24,27). The van der Waals surface area contributed by atoms with Gasteiger partial charge >= 0.3 is 0 Å². The molecule has 1 unspecified atom stereocenters. The Labute approximate surface area is 156 Å². The van der Waals surface area contributed by atoms with Crippen molar-refractivity contribution < 1.29 is 13.6 Å². The first-order valence-corrected chi connectivity index (χ1v) is 8.89. The molecule has 2 aromatic rings. The largest absolute Gasteiger partial charge is 0.367 e. The van der Waals surface area contributed by atoms with Crippen LogP contribution in [0.15, 0.2) is 41.4 Å². The van der Waals surface area contributed by atoms with E-state index in [0.29, 0.717) is 17.1 Å². The molecule has 5 nitrogen and oxygen atoms in total. The van der Waals surface area contributed by atoms with Gasteiger partial charge in [0.15, 0.2) is 0 Å². The summed E-state index contributed by atoms with van der Waals surface area (Å²) < 4.78 is 28.6. The second-order valence-corrected chi connectivity index (χ2v) is 6.87. The van der Waals surface area contributed by atoms with Gasteiger partial charge in [0.1, 0.15) is 17.6 Å². The highest BCUT2D eigenvalue weighted by atomic mass is 19.1. The van der Waals surface area contributed by atoms with Crippen LogP contribution in [0.3, 0.4) is 0 Å². The Balaban J connectivity index is 1.54. The third-order valence-electron chi connectivity index (χ3n) is 5.05. The van der Waals surface area contributed by atoms with Crippen LogP contribution < -0.4 is 10.2 Å². The van der Waals surface area contributed by atoms with Gasteiger partial charge in [-0.3, -0.25) is 9.79 Å². The second-order valence-electron chi connectivity index (χ2n) is 6.87. The van der Waals surface area contributed by atoms with Gasteiger partial charge in [0.2, 0.25) is 5.91 Å². The summed E-state index contributed by atoms with van der Waals surface area (Å²) >= 11 is 0. The third-order valence-corrected chi connectivity index (χ3v) is 5.05. The van der Waals surface area contributed by atoms with Crippen molar-refractivity contribution in [1.82, 2.24) is 4.90 Å². The number of nitrogens with zero attached hydrogens (tertiary/aromatic N) is 3. The molecule has 1 fully saturated rings. The highest BCUT2D eigenvalue weighted by Gasteiger charge is 2.31. The van der Waals surface area contributed by atoms with Crippen LogP contribution in [-0.4, -0.2) is 50.2 Å². The second kappa shape index (κ2) is 7.08. The lowest BCUT2D eigenvalue weighted by molar-refractivity contribution is -0.115. The molecule has 1 saturated heterocycles. The molecule has 2 aliphatic rings. The monoisotopic (exact) mass is 370 g/mol. The molecular weight excluding hydrogens is 350 g/mol. The number of aliphatic imine (C=N–C) groups is 1. The van der Waals surface area contributed by atoms with Crippen molar-refractivity contribution in [2.24, 2.45) is 4.99 Å². The van der Waals surface area contributed by atoms with Crippen molar-refractivity contribution in [3.05, 3.63) is 53.6 Å². The molecule has 4 rings (SSSR count). The number of nitrogens with one attached hydrogen (secondary N) is 1. The Morgan fingerprint density at radius 3 is 2.63 bits per heavy atom. The zero-order valence-corrected chi connectivity index (χ0v) is 15.0. The first-order chi connectivity index (χ1) is 13.0. The van der Waals surface area contributed by atoms with Gasteiger partial charge in [-0.1, -0.05) is 6.07 Å². The van der Waals surface area contributed by atoms with Gasteiger partial charge in [-0.15, -0.1) is 0 Å². The number of hydrogen-bond donors (Lipinski definition) is 1. The molecule has 0 spiro atoms. The van der Waals surface area contributed by atoms with E-state index in [0.717, 1.165) is 26.2 Å². The Morgan fingerprint density at radius 1 is 1.11 bits per heavy atom. The minimum Gasteiger partial charge on any atom is -0.367 e. The van der Waals surface area contributed by atoms with Gasteiger partial charge < -0.3 is 15.1 Å². The first-order valence-electron chi connectivity index (χ1n) is 8.89. The molecule has 2 aliphatic heterocycles. The number of hydrogen-bond acceptors (Lipinski definition) is 4. The lowest BCUT2D eigenvalue weighted by atomic mass is 10.0. The Morgan fingerprint density at radius 2 is 1.89 bits per heavy atom. The zero-order valence-electron chi connectivity index (χ0n) is 15.0. The van der Waals surface area contributed by atoms with E-state index >= 15 is 0 Å². The molecule has 0 radical (unpaired) electrons. The smallest absolute Gasteiger partial charge is 0.237 e. The van der Waals surface area contributed by atoms with Crippen LogP contribution in [-0.2, 0) is 4.79 Å². The number of rotatable bonds is 3. The number of fused-ring (bicyclic) bond motifs is 1. The molecule has 1 N–H and O–H groups in total. The molecule has 140 valence electrons. The van der Waals surface area contributed by atoms with E-state index in [4.69, 9.17) is 0 Å². The summed E-state index contributed by atoms with van der Waals surface area (Å²) in [5.74, 6) is -1.97. The quantitative estimate of drug-likeness (QED) is 0.845. The average Bonchev–Trinajstić information content (AvgIpc) is 2.97. The van der Waals surface area contributed by atoms with E-state index in [1.165, 1.54) is 18.3 Å². The topological polar surface area (TPSA) is 47.9 Å². The van der Waals surface area contributed by atoms with Crippen molar-refractivity contribution >= 4 is 29.2 Å². The van der Waals surface area contributed by atoms with Crippen LogP contribution in [0.4, 0.5) is 25.8 Å². The number of benzene rings is 2. The number of halogens is 2. The van der Waals surface area contributed by atoms with E-state index in [-0.39, 0.29) is 17.3 Å². The highest BCUT2D eigenvalue weighted by molar-refractivity contribution is 6.12. The van der Waals surface area contributed by atoms with Gasteiger partial charge in [0, 0.05) is 49.7 Å². The summed E-state index contributed by atoms with van der Waals surface area (Å²) in [6, 6.07) is 9.26. The number of anilines is 2. The molecule has 0 aliphatic carbocycles. The van der Waals surface area contributed by atoms with Crippen molar-refractivity contribution in [3.63, 3.8) is 0 Å². The number of carbonyl (C=O) groups is 1. The number of likely N-dealkylation sites (N-methyl/N-ethyl adjacent to an activating group) is 1. The Kier molecular flexibility index (Phi) is 4.61. The minimum absolute atomic E-state index is 0.278. The molecule has 0 bridgehead atoms. The van der Waals surface area contributed by atoms with E-state index in [2.05, 4.69) is 15.2 Å². The maximum atomic E-state index is 14.5. The summed E-state index contributed by atoms with van der Waals surface area (Å²) in [7, 11) is 2.05. The van der Waals surface area contributed by atoms with Crippen LogP contribution in [0.2, 0.25) is 0 Å². The molecular formula is C20H20F2N4O. The predicted octanol–water partition coefficient (Wildman–Crippen LogP) is 3.15. The molecule has 2 heterocycles. The average molecular weight is 370 g/mol. The summed E-state index contributed by atoms with van der Waals surface area (Å²) in [5, 5.41) is 2.64. The fourth-order valence-electron chi connectivity index (χ4n) is 3.49. The summed E-state index contributed by atoms with van der Waals surface area (Å²) in [6.45, 7) is 3.32. The minimum atomic E-state index is -0.818. The fourth-order valence-corrected chi connectivity index (χ4v) is 3.49. The van der Waals surface area contributed by atoms with Crippen LogP contribution in [0.25, 0.3) is 0 Å². The predicted molar refractivity (Wildman–Crippen MR) is 102 cm³/mol. The molecule has 2 aromatic carbocycles. The van der Waals surface area contributed by atoms with E-state index < -0.39 is 11.7 Å². The third kappa shape index (κ3) is 3.42. The van der Waals surface area contributed by atoms with Gasteiger partial charge in [-0.25, -0.2) is 8.78 Å². The molecule has 7 heteroatoms. The maximum absolute atomic E-state index is 14.5. The van der Waals surface area contributed by atoms with Crippen molar-refractivity contribution in [2.75, 3.05) is 43.4 Å². The van der Waals surface area contributed by atoms with Crippen LogP contribution in [0.5, 0.6) is 0 Å². The Bertz CT molecular complexity index is 907. The Hall–Kier alpha value is -2.80. The van der Waals surface area contributed by atoms with E-state index in [1.54, 1.807) is 24.3 Å². The highest BCUT2D eigenvalue weighted by Crippen LogP contribution is 2.34. The normalized spacial score (nSPS) is 20.2. The fraction of sp³-hybridized carbons (Fsp3) is 0.300. The van der Waals surface area contributed by atoms with Crippen LogP contribution in [0, 0.1) is 11.6 Å². The SMILES string of the molecule is CN1CCN(c2ccc(N=CC3C(=O)Nc4cccc(F)c43)cc2F)CC1. The lowest BCUT2D eigenvalue weighted by Gasteiger charge is -2.34. The van der Waals surface area contributed by atoms with Gasteiger partial charge in [0.05, 0.1) is 11.4 Å². The van der Waals surface area contributed by atoms with Crippen LogP contribution in [0.1, 0.15) is 11.5 Å². The van der Waals surface area contributed by atoms with E-state index in [9.17, 15) is 13.6 Å². The van der Waals surface area contributed by atoms with Crippen molar-refractivity contribution in [2.45, 2.75) is 5.92 Å². The van der Waals surface area contributed by atoms with Gasteiger partial charge in [-0.05, 0) is 31.3 Å². The summed E-state index contributed by atoms with van der Waals surface area (Å²) in [6.07, 6.45) is 1.37. The lowest BCUT2D eigenvalue weighted by Crippen LogP contribution is -2.44. The van der Waals surface area contributed by atoms with E-state index in [1.807, 2.05) is 11.9 Å². The number of amides is 1. The first kappa shape index (κ1) is 17.6. The molecule has 1 atom stereocenters. The molecule has 27 heavy (non-hydrogen) atoms. The van der Waals surface area contributed by atoms with Gasteiger partial charge in [-0.2, -0.15) is 0 Å². The number of piperazine rings is 1.